The van der Waals surface area contributed by atoms with Gasteiger partial charge in [-0.3, -0.25) is 9.59 Å². The molecule has 0 aromatic heterocycles. The normalized spacial score (nSPS) is 19.1. The molecule has 1 amide bonds. The number of ketones is 1. The summed E-state index contributed by atoms with van der Waals surface area (Å²) in [6.07, 6.45) is 0. The molecule has 1 saturated heterocycles. The molecule has 3 rings (SSSR count). The van der Waals surface area contributed by atoms with E-state index in [0.717, 1.165) is 11.1 Å². The van der Waals surface area contributed by atoms with Gasteiger partial charge in [0.15, 0.2) is 0 Å². The maximum absolute atomic E-state index is 12.8. The SMILES string of the molecule is Cc1ccc([C@@H]2/C(=C(\O)c3ccccc3)C(=O)C(=O)N2CCN(C)C)cc1. The molecule has 1 N–H and O–H groups in total. The number of Topliss-reactive ketones (excluding diaryl/α,β-unsaturated/α-hetero) is 1. The summed E-state index contributed by atoms with van der Waals surface area (Å²) >= 11 is 0. The predicted molar refractivity (Wildman–Crippen MR) is 105 cm³/mol. The maximum Gasteiger partial charge on any atom is 0.295 e. The van der Waals surface area contributed by atoms with Gasteiger partial charge in [0.05, 0.1) is 11.6 Å². The number of likely N-dealkylation sites (N-methyl/N-ethyl adjacent to an activating group) is 1. The molecule has 1 fully saturated rings. The molecule has 5 nitrogen and oxygen atoms in total. The van der Waals surface area contributed by atoms with Gasteiger partial charge < -0.3 is 14.9 Å². The van der Waals surface area contributed by atoms with Crippen molar-refractivity contribution in [1.82, 2.24) is 9.80 Å². The van der Waals surface area contributed by atoms with Crippen molar-refractivity contribution >= 4 is 17.4 Å². The first kappa shape index (κ1) is 18.9. The molecular weight excluding hydrogens is 340 g/mol. The third-order valence-corrected chi connectivity index (χ3v) is 4.77. The van der Waals surface area contributed by atoms with Gasteiger partial charge in [-0.05, 0) is 26.6 Å². The van der Waals surface area contributed by atoms with Crippen LogP contribution in [0.25, 0.3) is 5.76 Å². The van der Waals surface area contributed by atoms with Crippen molar-refractivity contribution in [1.29, 1.82) is 0 Å². The van der Waals surface area contributed by atoms with Crippen LogP contribution in [0.3, 0.4) is 0 Å². The monoisotopic (exact) mass is 364 g/mol. The van der Waals surface area contributed by atoms with Crippen molar-refractivity contribution < 1.29 is 14.7 Å². The molecule has 1 aliphatic rings. The van der Waals surface area contributed by atoms with Crippen LogP contribution in [0.5, 0.6) is 0 Å². The van der Waals surface area contributed by atoms with Crippen molar-refractivity contribution in [2.45, 2.75) is 13.0 Å². The molecule has 2 aromatic rings. The van der Waals surface area contributed by atoms with Crippen molar-refractivity contribution in [3.05, 3.63) is 76.9 Å². The van der Waals surface area contributed by atoms with Gasteiger partial charge in [-0.1, -0.05) is 60.2 Å². The fourth-order valence-electron chi connectivity index (χ4n) is 3.27. The standard InChI is InChI=1S/C22H24N2O3/c1-15-9-11-16(12-10-15)19-18(20(25)17-7-5-4-6-8-17)21(26)22(27)24(19)14-13-23(2)3/h4-12,19,25H,13-14H2,1-3H3/b20-18+/t19-/m1/s1. The Morgan fingerprint density at radius 3 is 2.26 bits per heavy atom. The van der Waals surface area contributed by atoms with Gasteiger partial charge in [0.1, 0.15) is 5.76 Å². The number of rotatable bonds is 5. The lowest BCUT2D eigenvalue weighted by Crippen LogP contribution is -2.35. The molecule has 1 atom stereocenters. The summed E-state index contributed by atoms with van der Waals surface area (Å²) < 4.78 is 0. The molecule has 0 spiro atoms. The van der Waals surface area contributed by atoms with E-state index < -0.39 is 17.7 Å². The highest BCUT2D eigenvalue weighted by atomic mass is 16.3. The van der Waals surface area contributed by atoms with E-state index in [1.54, 1.807) is 29.2 Å². The largest absolute Gasteiger partial charge is 0.507 e. The Kier molecular flexibility index (Phi) is 5.42. The Morgan fingerprint density at radius 2 is 1.67 bits per heavy atom. The smallest absolute Gasteiger partial charge is 0.295 e. The summed E-state index contributed by atoms with van der Waals surface area (Å²) in [6, 6.07) is 16.0. The summed E-state index contributed by atoms with van der Waals surface area (Å²) in [5, 5.41) is 10.9. The summed E-state index contributed by atoms with van der Waals surface area (Å²) in [5.74, 6) is -1.34. The van der Waals surface area contributed by atoms with Crippen LogP contribution in [-0.2, 0) is 9.59 Å². The van der Waals surface area contributed by atoms with E-state index >= 15 is 0 Å². The molecule has 0 aliphatic carbocycles. The number of benzene rings is 2. The number of hydrogen-bond donors (Lipinski definition) is 1. The van der Waals surface area contributed by atoms with Crippen molar-refractivity contribution in [3.8, 4) is 0 Å². The molecule has 1 heterocycles. The van der Waals surface area contributed by atoms with Crippen LogP contribution in [0.15, 0.2) is 60.2 Å². The van der Waals surface area contributed by atoms with Crippen molar-refractivity contribution in [2.24, 2.45) is 0 Å². The lowest BCUT2D eigenvalue weighted by atomic mass is 9.95. The quantitative estimate of drug-likeness (QED) is 0.503. The minimum absolute atomic E-state index is 0.133. The number of aryl methyl sites for hydroxylation is 1. The molecule has 27 heavy (non-hydrogen) atoms. The summed E-state index contributed by atoms with van der Waals surface area (Å²) in [4.78, 5) is 29.0. The molecule has 140 valence electrons. The van der Waals surface area contributed by atoms with Crippen LogP contribution in [0.4, 0.5) is 0 Å². The third-order valence-electron chi connectivity index (χ3n) is 4.77. The average Bonchev–Trinajstić information content (AvgIpc) is 2.91. The summed E-state index contributed by atoms with van der Waals surface area (Å²) in [5.41, 5.74) is 2.58. The molecule has 2 aromatic carbocycles. The van der Waals surface area contributed by atoms with Crippen LogP contribution >= 0.6 is 0 Å². The Balaban J connectivity index is 2.13. The summed E-state index contributed by atoms with van der Waals surface area (Å²) in [7, 11) is 3.84. The van der Waals surface area contributed by atoms with Gasteiger partial charge in [-0.15, -0.1) is 0 Å². The zero-order valence-electron chi connectivity index (χ0n) is 15.8. The second-order valence-corrected chi connectivity index (χ2v) is 7.07. The van der Waals surface area contributed by atoms with Gasteiger partial charge >= 0.3 is 0 Å². The Hall–Kier alpha value is -2.92. The highest BCUT2D eigenvalue weighted by Crippen LogP contribution is 2.39. The molecule has 5 heteroatoms. The molecular formula is C22H24N2O3. The molecule has 0 unspecified atom stereocenters. The minimum Gasteiger partial charge on any atom is -0.507 e. The number of carbonyl (C=O) groups excluding carboxylic acids is 2. The number of likely N-dealkylation sites (tertiary alicyclic amines) is 1. The van der Waals surface area contributed by atoms with Gasteiger partial charge in [-0.2, -0.15) is 0 Å². The van der Waals surface area contributed by atoms with E-state index in [-0.39, 0.29) is 11.3 Å². The number of aliphatic hydroxyl groups excluding tert-OH is 1. The van der Waals surface area contributed by atoms with Gasteiger partial charge in [0, 0.05) is 18.7 Å². The Labute approximate surface area is 159 Å². The summed E-state index contributed by atoms with van der Waals surface area (Å²) in [6.45, 7) is 3.01. The molecule has 0 bridgehead atoms. The van der Waals surface area contributed by atoms with Crippen LogP contribution < -0.4 is 0 Å². The second kappa shape index (κ2) is 7.76. The van der Waals surface area contributed by atoms with Crippen LogP contribution in [0.2, 0.25) is 0 Å². The topological polar surface area (TPSA) is 60.9 Å². The lowest BCUT2D eigenvalue weighted by molar-refractivity contribution is -0.140. The average molecular weight is 364 g/mol. The van der Waals surface area contributed by atoms with Gasteiger partial charge in [0.2, 0.25) is 0 Å². The van der Waals surface area contributed by atoms with Gasteiger partial charge in [-0.25, -0.2) is 0 Å². The molecule has 0 saturated carbocycles. The van der Waals surface area contributed by atoms with E-state index in [4.69, 9.17) is 0 Å². The number of hydrogen-bond acceptors (Lipinski definition) is 4. The van der Waals surface area contributed by atoms with Gasteiger partial charge in [0.25, 0.3) is 11.7 Å². The predicted octanol–water partition coefficient (Wildman–Crippen LogP) is 2.98. The number of amides is 1. The highest BCUT2D eigenvalue weighted by molar-refractivity contribution is 6.46. The van der Waals surface area contributed by atoms with E-state index in [9.17, 15) is 14.7 Å². The third kappa shape index (κ3) is 3.78. The molecule has 0 radical (unpaired) electrons. The maximum atomic E-state index is 12.8. The van der Waals surface area contributed by atoms with Crippen LogP contribution in [-0.4, -0.2) is 53.8 Å². The first-order chi connectivity index (χ1) is 12.9. The zero-order valence-corrected chi connectivity index (χ0v) is 15.8. The van der Waals surface area contributed by atoms with Crippen LogP contribution in [0.1, 0.15) is 22.7 Å². The first-order valence-corrected chi connectivity index (χ1v) is 8.95. The number of aliphatic hydroxyl groups is 1. The second-order valence-electron chi connectivity index (χ2n) is 7.07. The van der Waals surface area contributed by atoms with E-state index in [2.05, 4.69) is 0 Å². The van der Waals surface area contributed by atoms with E-state index in [1.165, 1.54) is 0 Å². The Bertz CT molecular complexity index is 870. The highest BCUT2D eigenvalue weighted by Gasteiger charge is 2.45. The zero-order chi connectivity index (χ0) is 19.6. The lowest BCUT2D eigenvalue weighted by Gasteiger charge is -2.26. The van der Waals surface area contributed by atoms with Crippen molar-refractivity contribution in [2.75, 3.05) is 27.2 Å². The molecule has 1 aliphatic heterocycles. The fraction of sp³-hybridized carbons (Fsp3) is 0.273. The fourth-order valence-corrected chi connectivity index (χ4v) is 3.27. The minimum atomic E-state index is -0.638. The number of nitrogens with zero attached hydrogens (tertiary/aromatic N) is 2. The number of carbonyl (C=O) groups is 2. The van der Waals surface area contributed by atoms with Crippen molar-refractivity contribution in [3.63, 3.8) is 0 Å². The first-order valence-electron chi connectivity index (χ1n) is 8.95. The van der Waals surface area contributed by atoms with E-state index in [0.29, 0.717) is 18.7 Å². The van der Waals surface area contributed by atoms with Crippen LogP contribution in [0, 0.1) is 6.92 Å². The Morgan fingerprint density at radius 1 is 1.04 bits per heavy atom. The van der Waals surface area contributed by atoms with E-state index in [1.807, 2.05) is 56.3 Å².